The lowest BCUT2D eigenvalue weighted by Crippen LogP contribution is -2.48. The number of nitrogens with zero attached hydrogens (tertiary/aromatic N) is 3. The lowest BCUT2D eigenvalue weighted by molar-refractivity contribution is 0.0600. The quantitative estimate of drug-likeness (QED) is 0.511. The number of likely N-dealkylation sites (N-methyl/N-ethyl adjacent to an activating group) is 1. The Morgan fingerprint density at radius 1 is 1.10 bits per heavy atom. The molecule has 0 amide bonds. The van der Waals surface area contributed by atoms with Gasteiger partial charge in [0.15, 0.2) is 0 Å². The van der Waals surface area contributed by atoms with Gasteiger partial charge in [0.1, 0.15) is 0 Å². The number of methoxy groups -OCH3 is 1. The lowest BCUT2D eigenvalue weighted by Gasteiger charge is -2.39. The molecule has 0 saturated carbocycles. The van der Waals surface area contributed by atoms with Gasteiger partial charge in [0.2, 0.25) is 11.3 Å². The minimum atomic E-state index is -2.12. The Kier molecular flexibility index (Phi) is 8.12. The van der Waals surface area contributed by atoms with Gasteiger partial charge in [-0.1, -0.05) is 42.5 Å². The number of carbonyl (C=O) groups is 1. The van der Waals surface area contributed by atoms with Gasteiger partial charge in [-0.2, -0.15) is 4.31 Å². The van der Waals surface area contributed by atoms with Crippen LogP contribution < -0.4 is 0 Å². The molecule has 1 fully saturated rings. The first-order chi connectivity index (χ1) is 14.5. The first-order valence-electron chi connectivity index (χ1n) is 9.98. The van der Waals surface area contributed by atoms with Crippen molar-refractivity contribution < 1.29 is 18.3 Å². The third-order valence-electron chi connectivity index (χ3n) is 5.49. The number of rotatable bonds is 8. The lowest BCUT2D eigenvalue weighted by atomic mass is 10.0. The third-order valence-corrected chi connectivity index (χ3v) is 6.21. The van der Waals surface area contributed by atoms with Crippen molar-refractivity contribution in [3.63, 3.8) is 0 Å². The SMILES string of the molecule is COC(=O)c1ccc(CN(CC(c2ccccc2)N2CCN(C)CC2)S(=O)O)cc1. The summed E-state index contributed by atoms with van der Waals surface area (Å²) in [6, 6.07) is 17.1. The Morgan fingerprint density at radius 2 is 1.73 bits per heavy atom. The van der Waals surface area contributed by atoms with Crippen LogP contribution in [0, 0.1) is 0 Å². The van der Waals surface area contributed by atoms with E-state index in [0.717, 1.165) is 37.3 Å². The largest absolute Gasteiger partial charge is 0.465 e. The van der Waals surface area contributed by atoms with E-state index in [-0.39, 0.29) is 6.04 Å². The molecule has 0 aromatic heterocycles. The molecule has 8 heteroatoms. The van der Waals surface area contributed by atoms with Crippen molar-refractivity contribution in [2.75, 3.05) is 46.9 Å². The van der Waals surface area contributed by atoms with E-state index in [9.17, 15) is 13.6 Å². The average Bonchev–Trinajstić information content (AvgIpc) is 2.77. The molecular weight excluding hydrogens is 402 g/mol. The van der Waals surface area contributed by atoms with Crippen molar-refractivity contribution in [1.29, 1.82) is 0 Å². The predicted octanol–water partition coefficient (Wildman–Crippen LogP) is 2.40. The van der Waals surface area contributed by atoms with Gasteiger partial charge >= 0.3 is 5.97 Å². The summed E-state index contributed by atoms with van der Waals surface area (Å²) in [5.41, 5.74) is 2.45. The van der Waals surface area contributed by atoms with Crippen molar-refractivity contribution >= 4 is 17.2 Å². The molecule has 162 valence electrons. The molecule has 1 heterocycles. The third kappa shape index (κ3) is 5.96. The zero-order valence-corrected chi connectivity index (χ0v) is 18.3. The molecule has 1 saturated heterocycles. The maximum absolute atomic E-state index is 12.2. The Bertz CT molecular complexity index is 839. The van der Waals surface area contributed by atoms with Crippen LogP contribution >= 0.6 is 0 Å². The first-order valence-corrected chi connectivity index (χ1v) is 11.0. The van der Waals surface area contributed by atoms with Crippen LogP contribution in [0.2, 0.25) is 0 Å². The highest BCUT2D eigenvalue weighted by Gasteiger charge is 2.27. The summed E-state index contributed by atoms with van der Waals surface area (Å²) in [6.07, 6.45) is 0. The molecule has 30 heavy (non-hydrogen) atoms. The fraction of sp³-hybridized carbons (Fsp3) is 0.409. The summed E-state index contributed by atoms with van der Waals surface area (Å²) in [4.78, 5) is 16.3. The molecule has 2 atom stereocenters. The molecule has 0 radical (unpaired) electrons. The fourth-order valence-corrected chi connectivity index (χ4v) is 4.21. The second kappa shape index (κ2) is 10.8. The summed E-state index contributed by atoms with van der Waals surface area (Å²) in [6.45, 7) is 4.50. The van der Waals surface area contributed by atoms with Crippen molar-refractivity contribution in [3.05, 3.63) is 71.3 Å². The summed E-state index contributed by atoms with van der Waals surface area (Å²) in [5.74, 6) is -0.400. The topological polar surface area (TPSA) is 73.3 Å². The van der Waals surface area contributed by atoms with Crippen LogP contribution in [-0.4, -0.2) is 75.7 Å². The van der Waals surface area contributed by atoms with Gasteiger partial charge in [0.05, 0.1) is 12.7 Å². The predicted molar refractivity (Wildman–Crippen MR) is 117 cm³/mol. The van der Waals surface area contributed by atoms with Gasteiger partial charge in [0, 0.05) is 45.3 Å². The molecule has 7 nitrogen and oxygen atoms in total. The molecule has 1 aliphatic rings. The monoisotopic (exact) mass is 431 g/mol. The van der Waals surface area contributed by atoms with Gasteiger partial charge in [-0.3, -0.25) is 9.45 Å². The van der Waals surface area contributed by atoms with E-state index in [0.29, 0.717) is 18.7 Å². The Morgan fingerprint density at radius 3 is 2.30 bits per heavy atom. The molecule has 2 aromatic carbocycles. The van der Waals surface area contributed by atoms with Crippen LogP contribution in [0.25, 0.3) is 0 Å². The van der Waals surface area contributed by atoms with E-state index < -0.39 is 17.2 Å². The molecule has 2 aromatic rings. The summed E-state index contributed by atoms with van der Waals surface area (Å²) in [7, 11) is 3.46. The van der Waals surface area contributed by atoms with Crippen molar-refractivity contribution in [3.8, 4) is 0 Å². The van der Waals surface area contributed by atoms with Gasteiger partial charge in [-0.15, -0.1) is 0 Å². The number of esters is 1. The molecule has 0 bridgehead atoms. The van der Waals surface area contributed by atoms with E-state index in [1.54, 1.807) is 28.6 Å². The van der Waals surface area contributed by atoms with E-state index in [1.165, 1.54) is 7.11 Å². The average molecular weight is 432 g/mol. The van der Waals surface area contributed by atoms with E-state index >= 15 is 0 Å². The second-order valence-corrected chi connectivity index (χ2v) is 8.49. The van der Waals surface area contributed by atoms with Crippen LogP contribution in [0.1, 0.15) is 27.5 Å². The number of piperazine rings is 1. The number of carbonyl (C=O) groups excluding carboxylic acids is 1. The summed E-state index contributed by atoms with van der Waals surface area (Å²) >= 11 is -2.12. The van der Waals surface area contributed by atoms with Crippen molar-refractivity contribution in [2.45, 2.75) is 12.6 Å². The van der Waals surface area contributed by atoms with Crippen LogP contribution in [0.3, 0.4) is 0 Å². The van der Waals surface area contributed by atoms with Crippen molar-refractivity contribution in [1.82, 2.24) is 14.1 Å². The molecule has 1 N–H and O–H groups in total. The molecule has 3 rings (SSSR count). The highest BCUT2D eigenvalue weighted by molar-refractivity contribution is 7.76. The maximum Gasteiger partial charge on any atom is 0.337 e. The van der Waals surface area contributed by atoms with E-state index in [2.05, 4.69) is 29.0 Å². The van der Waals surface area contributed by atoms with Crippen LogP contribution in [0.4, 0.5) is 0 Å². The van der Waals surface area contributed by atoms with Gasteiger partial charge in [0.25, 0.3) is 0 Å². The zero-order valence-electron chi connectivity index (χ0n) is 17.4. The zero-order chi connectivity index (χ0) is 21.5. The number of hydrogen-bond acceptors (Lipinski definition) is 5. The van der Waals surface area contributed by atoms with Crippen LogP contribution in [-0.2, 0) is 22.5 Å². The van der Waals surface area contributed by atoms with E-state index in [1.807, 2.05) is 18.2 Å². The van der Waals surface area contributed by atoms with Gasteiger partial charge < -0.3 is 9.64 Å². The number of hydrogen-bond donors (Lipinski definition) is 1. The normalized spacial score (nSPS) is 17.6. The Labute approximate surface area is 180 Å². The molecule has 1 aliphatic heterocycles. The minimum Gasteiger partial charge on any atom is -0.465 e. The maximum atomic E-state index is 12.2. The van der Waals surface area contributed by atoms with Gasteiger partial charge in [-0.25, -0.2) is 9.00 Å². The van der Waals surface area contributed by atoms with Crippen LogP contribution in [0.15, 0.2) is 54.6 Å². The Balaban J connectivity index is 1.77. The standard InChI is InChI=1S/C22H29N3O4S/c1-23-12-14-24(15-13-23)21(19-6-4-3-5-7-19)17-25(30(27)28)16-18-8-10-20(11-9-18)22(26)29-2/h3-11,21H,12-17H2,1-2H3,(H,27,28). The summed E-state index contributed by atoms with van der Waals surface area (Å²) in [5, 5.41) is 0. The fourth-order valence-electron chi connectivity index (χ4n) is 3.68. The highest BCUT2D eigenvalue weighted by atomic mass is 32.2. The molecule has 2 unspecified atom stereocenters. The summed E-state index contributed by atoms with van der Waals surface area (Å²) < 4.78 is 28.4. The second-order valence-electron chi connectivity index (χ2n) is 7.51. The van der Waals surface area contributed by atoms with Crippen LogP contribution in [0.5, 0.6) is 0 Å². The smallest absolute Gasteiger partial charge is 0.337 e. The Hall–Kier alpha value is -2.10. The highest BCUT2D eigenvalue weighted by Crippen LogP contribution is 2.24. The molecular formula is C22H29N3O4S. The van der Waals surface area contributed by atoms with Crippen molar-refractivity contribution in [2.24, 2.45) is 0 Å². The van der Waals surface area contributed by atoms with E-state index in [4.69, 9.17) is 4.74 Å². The number of ether oxygens (including phenoxy) is 1. The minimum absolute atomic E-state index is 0.0188. The van der Waals surface area contributed by atoms with Gasteiger partial charge in [-0.05, 0) is 30.3 Å². The molecule has 0 spiro atoms. The number of benzene rings is 2. The molecule has 0 aliphatic carbocycles. The first kappa shape index (κ1) is 22.6.